The number of aromatic nitrogens is 1. The summed E-state index contributed by atoms with van der Waals surface area (Å²) in [6.45, 7) is 0.460. The zero-order chi connectivity index (χ0) is 15.5. The lowest BCUT2D eigenvalue weighted by molar-refractivity contribution is 0.0953. The van der Waals surface area contributed by atoms with Crippen molar-refractivity contribution in [2.45, 2.75) is 6.42 Å². The minimum absolute atomic E-state index is 0.296. The number of nitrogens with zero attached hydrogens (tertiary/aromatic N) is 1. The fourth-order valence-corrected chi connectivity index (χ4v) is 3.47. The summed E-state index contributed by atoms with van der Waals surface area (Å²) in [6.07, 6.45) is 0.651. The van der Waals surface area contributed by atoms with E-state index in [9.17, 15) is 9.18 Å². The molecule has 0 saturated heterocycles. The zero-order valence-corrected chi connectivity index (χ0v) is 13.9. The predicted molar refractivity (Wildman–Crippen MR) is 89.8 cm³/mol. The fraction of sp³-hybridized carbons (Fsp3) is 0.125. The summed E-state index contributed by atoms with van der Waals surface area (Å²) in [4.78, 5) is 16.6. The minimum atomic E-state index is -0.431. The molecule has 112 valence electrons. The molecule has 2 aromatic carbocycles. The van der Waals surface area contributed by atoms with Crippen LogP contribution in [0.5, 0.6) is 0 Å². The van der Waals surface area contributed by atoms with E-state index in [4.69, 9.17) is 0 Å². The van der Waals surface area contributed by atoms with Crippen LogP contribution in [-0.2, 0) is 6.42 Å². The van der Waals surface area contributed by atoms with Gasteiger partial charge >= 0.3 is 0 Å². The number of fused-ring (bicyclic) bond motifs is 1. The smallest absolute Gasteiger partial charge is 0.252 e. The Balaban J connectivity index is 1.62. The number of nitrogens with one attached hydrogen (secondary N) is 1. The Hall–Kier alpha value is -1.79. The molecule has 1 heterocycles. The average Bonchev–Trinajstić information content (AvgIpc) is 2.92. The number of hydrogen-bond donors (Lipinski definition) is 1. The monoisotopic (exact) mass is 378 g/mol. The van der Waals surface area contributed by atoms with Crippen LogP contribution in [0.15, 0.2) is 46.9 Å². The largest absolute Gasteiger partial charge is 0.352 e. The van der Waals surface area contributed by atoms with Crippen molar-refractivity contribution in [2.75, 3.05) is 6.54 Å². The molecule has 3 rings (SSSR count). The maximum Gasteiger partial charge on any atom is 0.252 e. The number of rotatable bonds is 4. The van der Waals surface area contributed by atoms with Crippen LogP contribution in [0.4, 0.5) is 4.39 Å². The van der Waals surface area contributed by atoms with Gasteiger partial charge in [-0.05, 0) is 46.3 Å². The molecule has 0 unspecified atom stereocenters. The van der Waals surface area contributed by atoms with Crippen LogP contribution >= 0.6 is 27.3 Å². The van der Waals surface area contributed by atoms with Gasteiger partial charge < -0.3 is 5.32 Å². The molecule has 3 aromatic rings. The van der Waals surface area contributed by atoms with Crippen LogP contribution in [-0.4, -0.2) is 17.4 Å². The molecule has 1 amide bonds. The summed E-state index contributed by atoms with van der Waals surface area (Å²) in [5.74, 6) is -0.730. The Morgan fingerprint density at radius 3 is 2.91 bits per heavy atom. The third-order valence-electron chi connectivity index (χ3n) is 3.14. The highest BCUT2D eigenvalue weighted by Crippen LogP contribution is 2.22. The SMILES string of the molecule is O=C(NCCc1nc2ccccc2s1)c1cc(F)ccc1Br. The summed E-state index contributed by atoms with van der Waals surface area (Å²) < 4.78 is 14.9. The van der Waals surface area contributed by atoms with Crippen LogP contribution in [0.25, 0.3) is 10.2 Å². The fourth-order valence-electron chi connectivity index (χ4n) is 2.08. The van der Waals surface area contributed by atoms with Gasteiger partial charge in [0.05, 0.1) is 20.8 Å². The van der Waals surface area contributed by atoms with E-state index in [1.54, 1.807) is 11.3 Å². The summed E-state index contributed by atoms with van der Waals surface area (Å²) >= 11 is 4.87. The van der Waals surface area contributed by atoms with E-state index in [1.165, 1.54) is 18.2 Å². The summed E-state index contributed by atoms with van der Waals surface area (Å²) in [5, 5.41) is 3.76. The number of carbonyl (C=O) groups excluding carboxylic acids is 1. The van der Waals surface area contributed by atoms with Crippen molar-refractivity contribution in [3.05, 3.63) is 63.3 Å². The predicted octanol–water partition coefficient (Wildman–Crippen LogP) is 4.17. The molecule has 3 nitrogen and oxygen atoms in total. The second-order valence-corrected chi connectivity index (χ2v) is 6.67. The first-order chi connectivity index (χ1) is 10.6. The quantitative estimate of drug-likeness (QED) is 0.739. The van der Waals surface area contributed by atoms with E-state index in [1.807, 2.05) is 24.3 Å². The van der Waals surface area contributed by atoms with Crippen molar-refractivity contribution < 1.29 is 9.18 Å². The van der Waals surface area contributed by atoms with Gasteiger partial charge in [-0.15, -0.1) is 11.3 Å². The third-order valence-corrected chi connectivity index (χ3v) is 4.92. The number of carbonyl (C=O) groups is 1. The van der Waals surface area contributed by atoms with E-state index in [0.29, 0.717) is 23.0 Å². The highest BCUT2D eigenvalue weighted by molar-refractivity contribution is 9.10. The summed E-state index contributed by atoms with van der Waals surface area (Å²) in [7, 11) is 0. The molecule has 0 fully saturated rings. The number of amides is 1. The first-order valence-corrected chi connectivity index (χ1v) is 8.32. The number of halogens is 2. The van der Waals surface area contributed by atoms with Crippen molar-refractivity contribution in [3.63, 3.8) is 0 Å². The Morgan fingerprint density at radius 1 is 1.27 bits per heavy atom. The molecule has 1 aromatic heterocycles. The van der Waals surface area contributed by atoms with Gasteiger partial charge in [-0.2, -0.15) is 0 Å². The number of benzene rings is 2. The van der Waals surface area contributed by atoms with Crippen molar-refractivity contribution in [3.8, 4) is 0 Å². The van der Waals surface area contributed by atoms with Crippen LogP contribution < -0.4 is 5.32 Å². The van der Waals surface area contributed by atoms with E-state index >= 15 is 0 Å². The second kappa shape index (κ2) is 6.54. The Morgan fingerprint density at radius 2 is 2.09 bits per heavy atom. The van der Waals surface area contributed by atoms with Crippen LogP contribution in [0.1, 0.15) is 15.4 Å². The number of para-hydroxylation sites is 1. The molecule has 0 spiro atoms. The molecule has 0 radical (unpaired) electrons. The second-order valence-electron chi connectivity index (χ2n) is 4.71. The topological polar surface area (TPSA) is 42.0 Å². The van der Waals surface area contributed by atoms with Gasteiger partial charge in [-0.3, -0.25) is 4.79 Å². The molecule has 0 aliphatic carbocycles. The van der Waals surface area contributed by atoms with Gasteiger partial charge in [0.25, 0.3) is 5.91 Å². The van der Waals surface area contributed by atoms with Gasteiger partial charge in [0.15, 0.2) is 0 Å². The number of thiazole rings is 1. The molecule has 6 heteroatoms. The third kappa shape index (κ3) is 3.34. The van der Waals surface area contributed by atoms with Gasteiger partial charge in [-0.1, -0.05) is 12.1 Å². The highest BCUT2D eigenvalue weighted by atomic mass is 79.9. The molecule has 0 saturated carbocycles. The van der Waals surface area contributed by atoms with E-state index < -0.39 is 5.82 Å². The van der Waals surface area contributed by atoms with Crippen molar-refractivity contribution in [1.29, 1.82) is 0 Å². The maximum absolute atomic E-state index is 13.2. The van der Waals surface area contributed by atoms with Crippen LogP contribution in [0, 0.1) is 5.82 Å². The molecule has 0 aliphatic heterocycles. The summed E-state index contributed by atoms with van der Waals surface area (Å²) in [5.41, 5.74) is 1.27. The van der Waals surface area contributed by atoms with Crippen molar-refractivity contribution in [2.24, 2.45) is 0 Å². The van der Waals surface area contributed by atoms with Crippen LogP contribution in [0.3, 0.4) is 0 Å². The van der Waals surface area contributed by atoms with Crippen molar-refractivity contribution >= 4 is 43.4 Å². The van der Waals surface area contributed by atoms with Crippen molar-refractivity contribution in [1.82, 2.24) is 10.3 Å². The standard InChI is InChI=1S/C16H12BrFN2OS/c17-12-6-5-10(18)9-11(12)16(21)19-8-7-15-20-13-3-1-2-4-14(13)22-15/h1-6,9H,7-8H2,(H,19,21). The Bertz CT molecular complexity index is 801. The van der Waals surface area contributed by atoms with E-state index in [0.717, 1.165) is 15.2 Å². The summed E-state index contributed by atoms with van der Waals surface area (Å²) in [6, 6.07) is 12.0. The average molecular weight is 379 g/mol. The van der Waals surface area contributed by atoms with E-state index in [-0.39, 0.29) is 5.91 Å². The molecule has 0 bridgehead atoms. The van der Waals surface area contributed by atoms with E-state index in [2.05, 4.69) is 26.2 Å². The maximum atomic E-state index is 13.2. The molecule has 0 aliphatic rings. The molecule has 22 heavy (non-hydrogen) atoms. The zero-order valence-electron chi connectivity index (χ0n) is 11.5. The highest BCUT2D eigenvalue weighted by Gasteiger charge is 2.11. The molecular formula is C16H12BrFN2OS. The van der Waals surface area contributed by atoms with Gasteiger partial charge in [0.2, 0.25) is 0 Å². The first kappa shape index (κ1) is 15.1. The lowest BCUT2D eigenvalue weighted by Gasteiger charge is -2.06. The first-order valence-electron chi connectivity index (χ1n) is 6.71. The lowest BCUT2D eigenvalue weighted by Crippen LogP contribution is -2.26. The molecule has 1 N–H and O–H groups in total. The number of hydrogen-bond acceptors (Lipinski definition) is 3. The van der Waals surface area contributed by atoms with Gasteiger partial charge in [0.1, 0.15) is 5.82 Å². The Labute approximate surface area is 139 Å². The van der Waals surface area contributed by atoms with Gasteiger partial charge in [0, 0.05) is 17.4 Å². The normalized spacial score (nSPS) is 10.8. The molecular weight excluding hydrogens is 367 g/mol. The lowest BCUT2D eigenvalue weighted by atomic mass is 10.2. The van der Waals surface area contributed by atoms with Crippen LogP contribution in [0.2, 0.25) is 0 Å². The van der Waals surface area contributed by atoms with Gasteiger partial charge in [-0.25, -0.2) is 9.37 Å². The Kier molecular flexibility index (Phi) is 4.49. The minimum Gasteiger partial charge on any atom is -0.352 e. The molecule has 0 atom stereocenters.